The molecule has 4 rings (SSSR count). The molecule has 6 nitrogen and oxygen atoms in total. The minimum Gasteiger partial charge on any atom is -0.440 e. The van der Waals surface area contributed by atoms with Crippen LogP contribution in [0.25, 0.3) is 10.6 Å². The Morgan fingerprint density at radius 2 is 1.85 bits per heavy atom. The molecule has 3 aromatic rings. The highest BCUT2D eigenvalue weighted by atomic mass is 32.2. The molecule has 0 bridgehead atoms. The van der Waals surface area contributed by atoms with Crippen LogP contribution < -0.4 is 4.90 Å². The van der Waals surface area contributed by atoms with Gasteiger partial charge in [-0.3, -0.25) is 0 Å². The fraction of sp³-hybridized carbons (Fsp3) is 0.278. The van der Waals surface area contributed by atoms with Crippen molar-refractivity contribution >= 4 is 27.0 Å². The van der Waals surface area contributed by atoms with Crippen LogP contribution in [0.5, 0.6) is 0 Å². The van der Waals surface area contributed by atoms with Crippen LogP contribution in [0.2, 0.25) is 0 Å². The van der Waals surface area contributed by atoms with E-state index in [1.807, 2.05) is 4.90 Å². The molecule has 0 unspecified atom stereocenters. The third kappa shape index (κ3) is 3.50. The average molecular weight is 407 g/mol. The molecule has 27 heavy (non-hydrogen) atoms. The molecule has 142 valence electrons. The Morgan fingerprint density at radius 1 is 1.11 bits per heavy atom. The number of hydrogen-bond donors (Lipinski definition) is 0. The highest BCUT2D eigenvalue weighted by Crippen LogP contribution is 2.33. The van der Waals surface area contributed by atoms with Gasteiger partial charge in [0.25, 0.3) is 10.0 Å². The molecular weight excluding hydrogens is 389 g/mol. The Morgan fingerprint density at radius 3 is 2.52 bits per heavy atom. The molecule has 1 aliphatic heterocycles. The quantitative estimate of drug-likeness (QED) is 0.663. The van der Waals surface area contributed by atoms with E-state index in [-0.39, 0.29) is 10.0 Å². The molecule has 1 aromatic carbocycles. The van der Waals surface area contributed by atoms with Crippen molar-refractivity contribution in [3.63, 3.8) is 0 Å². The highest BCUT2D eigenvalue weighted by Gasteiger charge is 2.30. The molecule has 2 aromatic heterocycles. The Labute approximate surface area is 160 Å². The lowest BCUT2D eigenvalue weighted by atomic mass is 10.2. The minimum atomic E-state index is -3.59. The van der Waals surface area contributed by atoms with Gasteiger partial charge in [-0.2, -0.15) is 4.31 Å². The van der Waals surface area contributed by atoms with Gasteiger partial charge >= 0.3 is 0 Å². The first-order valence-electron chi connectivity index (χ1n) is 8.47. The summed E-state index contributed by atoms with van der Waals surface area (Å²) in [6.07, 6.45) is 1.59. The predicted molar refractivity (Wildman–Crippen MR) is 102 cm³/mol. The van der Waals surface area contributed by atoms with Gasteiger partial charge in [-0.1, -0.05) is 12.1 Å². The number of rotatable bonds is 4. The summed E-state index contributed by atoms with van der Waals surface area (Å²) < 4.78 is 47.0. The average Bonchev–Trinajstić information content (AvgIpc) is 3.32. The molecule has 0 aliphatic carbocycles. The van der Waals surface area contributed by atoms with Gasteiger partial charge in [-0.15, -0.1) is 11.3 Å². The van der Waals surface area contributed by atoms with E-state index >= 15 is 0 Å². The molecule has 1 fully saturated rings. The van der Waals surface area contributed by atoms with E-state index in [4.69, 9.17) is 4.42 Å². The first kappa shape index (κ1) is 18.1. The van der Waals surface area contributed by atoms with E-state index in [9.17, 15) is 12.8 Å². The van der Waals surface area contributed by atoms with Crippen LogP contribution in [0.15, 0.2) is 51.2 Å². The molecule has 0 saturated carbocycles. The first-order valence-corrected chi connectivity index (χ1v) is 10.7. The maximum atomic E-state index is 14.0. The van der Waals surface area contributed by atoms with E-state index < -0.39 is 10.0 Å². The first-order chi connectivity index (χ1) is 12.9. The van der Waals surface area contributed by atoms with Gasteiger partial charge in [-0.05, 0) is 24.3 Å². The number of piperazine rings is 1. The van der Waals surface area contributed by atoms with Gasteiger partial charge in [0, 0.05) is 33.1 Å². The van der Waals surface area contributed by atoms with Crippen LogP contribution in [0.3, 0.4) is 0 Å². The van der Waals surface area contributed by atoms with E-state index in [1.54, 1.807) is 43.5 Å². The van der Waals surface area contributed by atoms with Crippen molar-refractivity contribution in [3.8, 4) is 10.6 Å². The van der Waals surface area contributed by atoms with Gasteiger partial charge in [-0.25, -0.2) is 17.8 Å². The normalized spacial score (nSPS) is 16.0. The molecular formula is C18H18FN3O3S2. The molecule has 0 spiro atoms. The summed E-state index contributed by atoms with van der Waals surface area (Å²) in [5, 5.41) is 0. The fourth-order valence-corrected chi connectivity index (χ4v) is 5.90. The molecule has 0 radical (unpaired) electrons. The largest absolute Gasteiger partial charge is 0.440 e. The predicted octanol–water partition coefficient (Wildman–Crippen LogP) is 3.36. The number of sulfonamides is 1. The van der Waals surface area contributed by atoms with Gasteiger partial charge in [0.2, 0.25) is 0 Å². The Hall–Kier alpha value is -2.23. The second kappa shape index (κ2) is 7.06. The highest BCUT2D eigenvalue weighted by molar-refractivity contribution is 7.91. The Kier molecular flexibility index (Phi) is 4.75. The summed E-state index contributed by atoms with van der Waals surface area (Å²) in [6, 6.07) is 9.87. The van der Waals surface area contributed by atoms with Crippen LogP contribution in [-0.4, -0.2) is 43.9 Å². The summed E-state index contributed by atoms with van der Waals surface area (Å²) in [4.78, 5) is 6.64. The van der Waals surface area contributed by atoms with Crippen LogP contribution >= 0.6 is 11.3 Å². The maximum absolute atomic E-state index is 14.0. The zero-order chi connectivity index (χ0) is 19.0. The van der Waals surface area contributed by atoms with Crippen molar-refractivity contribution in [2.24, 2.45) is 0 Å². The molecule has 0 atom stereocenters. The van der Waals surface area contributed by atoms with Crippen LogP contribution in [0, 0.1) is 12.7 Å². The summed E-state index contributed by atoms with van der Waals surface area (Å²) in [6.45, 7) is 3.25. The minimum absolute atomic E-state index is 0.269. The lowest BCUT2D eigenvalue weighted by Crippen LogP contribution is -2.48. The van der Waals surface area contributed by atoms with Crippen molar-refractivity contribution in [1.82, 2.24) is 9.29 Å². The van der Waals surface area contributed by atoms with Crippen molar-refractivity contribution in [3.05, 3.63) is 54.3 Å². The van der Waals surface area contributed by atoms with E-state index in [0.29, 0.717) is 43.5 Å². The van der Waals surface area contributed by atoms with Crippen molar-refractivity contribution in [1.29, 1.82) is 0 Å². The topological polar surface area (TPSA) is 66.7 Å². The van der Waals surface area contributed by atoms with Crippen LogP contribution in [-0.2, 0) is 10.0 Å². The van der Waals surface area contributed by atoms with Gasteiger partial charge in [0.05, 0.1) is 16.8 Å². The van der Waals surface area contributed by atoms with Crippen molar-refractivity contribution < 1.29 is 17.2 Å². The summed E-state index contributed by atoms with van der Waals surface area (Å²) >= 11 is 1.16. The van der Waals surface area contributed by atoms with E-state index in [1.165, 1.54) is 10.4 Å². The number of para-hydroxylation sites is 1. The number of hydrogen-bond acceptors (Lipinski definition) is 6. The van der Waals surface area contributed by atoms with Crippen molar-refractivity contribution in [2.75, 3.05) is 31.1 Å². The van der Waals surface area contributed by atoms with Gasteiger partial charge in [0.15, 0.2) is 11.7 Å². The van der Waals surface area contributed by atoms with E-state index in [2.05, 4.69) is 4.98 Å². The second-order valence-electron chi connectivity index (χ2n) is 6.20. The maximum Gasteiger partial charge on any atom is 0.252 e. The standard InChI is InChI=1S/C18H18FN3O3S2/c1-13-20-12-16(25-13)17-6-7-18(26-17)27(23,24)22-10-8-21(9-11-22)15-5-3-2-4-14(15)19/h2-7,12H,8-11H2,1H3. The van der Waals surface area contributed by atoms with Crippen molar-refractivity contribution in [2.45, 2.75) is 11.1 Å². The molecule has 3 heterocycles. The second-order valence-corrected chi connectivity index (χ2v) is 9.45. The number of oxazole rings is 1. The number of thiophene rings is 1. The summed E-state index contributed by atoms with van der Waals surface area (Å²) in [5.41, 5.74) is 0.508. The number of aromatic nitrogens is 1. The number of nitrogens with zero attached hydrogens (tertiary/aromatic N) is 3. The Balaban J connectivity index is 1.49. The molecule has 0 amide bonds. The number of benzene rings is 1. The number of halogens is 1. The SMILES string of the molecule is Cc1ncc(-c2ccc(S(=O)(=O)N3CCN(c4ccccc4F)CC3)s2)o1. The zero-order valence-corrected chi connectivity index (χ0v) is 16.3. The van der Waals surface area contributed by atoms with Crippen LogP contribution in [0.1, 0.15) is 5.89 Å². The molecule has 0 N–H and O–H groups in total. The van der Waals surface area contributed by atoms with Gasteiger partial charge < -0.3 is 9.32 Å². The molecule has 1 aliphatic rings. The lowest BCUT2D eigenvalue weighted by Gasteiger charge is -2.35. The zero-order valence-electron chi connectivity index (χ0n) is 14.6. The van der Waals surface area contributed by atoms with Gasteiger partial charge in [0.1, 0.15) is 10.0 Å². The summed E-state index contributed by atoms with van der Waals surface area (Å²) in [5.74, 6) is 0.800. The Bertz CT molecular complexity index is 1050. The third-order valence-electron chi connectivity index (χ3n) is 4.47. The smallest absolute Gasteiger partial charge is 0.252 e. The van der Waals surface area contributed by atoms with E-state index in [0.717, 1.165) is 16.2 Å². The number of anilines is 1. The monoisotopic (exact) mass is 407 g/mol. The molecule has 1 saturated heterocycles. The molecule has 9 heteroatoms. The third-order valence-corrected chi connectivity index (χ3v) is 7.94. The van der Waals surface area contributed by atoms with Crippen LogP contribution in [0.4, 0.5) is 10.1 Å². The fourth-order valence-electron chi connectivity index (χ4n) is 3.07. The number of aryl methyl sites for hydroxylation is 1. The lowest BCUT2D eigenvalue weighted by molar-refractivity contribution is 0.384. The summed E-state index contributed by atoms with van der Waals surface area (Å²) in [7, 11) is -3.59.